The third-order valence-corrected chi connectivity index (χ3v) is 8.67. The fourth-order valence-electron chi connectivity index (χ4n) is 4.09. The largest absolute Gasteiger partial charge is 0.625 e. The Kier molecular flexibility index (Phi) is 11.5. The van der Waals surface area contributed by atoms with E-state index in [9.17, 15) is 10.0 Å². The number of unbranched alkanes of at least 4 members (excludes halogenated alkanes) is 3. The topological polar surface area (TPSA) is 83.5 Å². The smallest absolute Gasteiger partial charge is 0.312 e. The van der Waals surface area contributed by atoms with Crippen molar-refractivity contribution in [1.82, 2.24) is 14.9 Å². The Balaban J connectivity index is 0.000000225. The predicted molar refractivity (Wildman–Crippen MR) is 148 cm³/mol. The molecule has 196 valence electrons. The highest BCUT2D eigenvalue weighted by atomic mass is 79.9. The second-order valence-electron chi connectivity index (χ2n) is 9.21. The molecule has 2 fully saturated rings. The molecular formula is C25H37BrClN3O4S. The number of thiazole rings is 1. The Morgan fingerprint density at radius 3 is 2.86 bits per heavy atom. The van der Waals surface area contributed by atoms with Gasteiger partial charge in [0, 0.05) is 16.8 Å². The zero-order valence-electron chi connectivity index (χ0n) is 20.6. The normalized spacial score (nSPS) is 24.4. The number of hydroxylamine groups is 2. The number of cyclic esters (lactones) is 1. The number of aromatic nitrogens is 1. The summed E-state index contributed by atoms with van der Waals surface area (Å²) in [7, 11) is 0. The van der Waals surface area contributed by atoms with Crippen molar-refractivity contribution >= 4 is 60.2 Å². The van der Waals surface area contributed by atoms with Crippen molar-refractivity contribution in [1.29, 1.82) is 0 Å². The number of fused-ring (bicyclic) bond motifs is 1. The molecule has 1 N–H and O–H groups in total. The number of benzene rings is 1. The summed E-state index contributed by atoms with van der Waals surface area (Å²) in [6.07, 6.45) is 7.76. The molecule has 3 heterocycles. The van der Waals surface area contributed by atoms with Gasteiger partial charge in [0.2, 0.25) is 0 Å². The maximum atomic E-state index is 12.6. The number of nitrogens with one attached hydrogen (secondary N) is 1. The van der Waals surface area contributed by atoms with E-state index in [1.807, 2.05) is 25.1 Å². The average molecular weight is 591 g/mol. The molecule has 1 aromatic carbocycles. The highest BCUT2D eigenvalue weighted by Gasteiger charge is 2.38. The van der Waals surface area contributed by atoms with Gasteiger partial charge < -0.3 is 14.7 Å². The van der Waals surface area contributed by atoms with Crippen LogP contribution in [-0.2, 0) is 9.53 Å². The van der Waals surface area contributed by atoms with Crippen molar-refractivity contribution in [3.63, 3.8) is 0 Å². The molecule has 0 bridgehead atoms. The van der Waals surface area contributed by atoms with Gasteiger partial charge in [0.15, 0.2) is 0 Å². The molecule has 4 atom stereocenters. The van der Waals surface area contributed by atoms with E-state index in [-0.39, 0.29) is 22.6 Å². The predicted octanol–water partition coefficient (Wildman–Crippen LogP) is 6.34. The lowest BCUT2D eigenvalue weighted by Gasteiger charge is -2.33. The van der Waals surface area contributed by atoms with E-state index in [2.05, 4.69) is 33.2 Å². The standard InChI is InChI=1S/C16H23N3O2S.C9H14BrClO2/c1-2-3-4-5-10-21-13-6-7-15-14(11-13)18-16(22-15)19(20)9-8-17-12-19;1-6-8(9(12)13-6)3-2-7(10)4-5-11/h6-7,11,17H,2-5,8-10,12H2,1H3;6-8H,2-5H2,1H3. The average Bonchev–Trinajstić information content (AvgIpc) is 3.47. The SMILES string of the molecule is CC1OC(=O)C1CCC(Br)CCCl.CCCCCCOc1ccc2sc([N+]3([O-])CCNC3)nc2c1. The number of nitrogens with zero attached hydrogens (tertiary/aromatic N) is 2. The van der Waals surface area contributed by atoms with Gasteiger partial charge in [-0.3, -0.25) is 14.8 Å². The highest BCUT2D eigenvalue weighted by Crippen LogP contribution is 2.35. The number of rotatable bonds is 12. The minimum Gasteiger partial charge on any atom is -0.625 e. The van der Waals surface area contributed by atoms with Gasteiger partial charge in [-0.05, 0) is 44.7 Å². The summed E-state index contributed by atoms with van der Waals surface area (Å²) in [5, 5.41) is 16.4. The molecule has 0 saturated carbocycles. The van der Waals surface area contributed by atoms with Crippen molar-refractivity contribution in [2.75, 3.05) is 32.2 Å². The number of ether oxygens (including phenoxy) is 2. The first-order valence-corrected chi connectivity index (χ1v) is 14.9. The third-order valence-electron chi connectivity index (χ3n) is 6.36. The zero-order chi connectivity index (χ0) is 25.3. The summed E-state index contributed by atoms with van der Waals surface area (Å²) in [4.78, 5) is 15.9. The second-order valence-corrected chi connectivity index (χ2v) is 11.9. The van der Waals surface area contributed by atoms with E-state index in [4.69, 9.17) is 21.1 Å². The van der Waals surface area contributed by atoms with Crippen LogP contribution in [0, 0.1) is 11.1 Å². The van der Waals surface area contributed by atoms with Crippen LogP contribution in [0.25, 0.3) is 10.2 Å². The lowest BCUT2D eigenvalue weighted by atomic mass is 9.92. The summed E-state index contributed by atoms with van der Waals surface area (Å²) < 4.78 is 11.3. The van der Waals surface area contributed by atoms with Crippen LogP contribution in [0.2, 0.25) is 0 Å². The van der Waals surface area contributed by atoms with Crippen molar-refractivity contribution in [3.05, 3.63) is 23.4 Å². The van der Waals surface area contributed by atoms with Crippen molar-refractivity contribution in [2.45, 2.75) is 69.7 Å². The van der Waals surface area contributed by atoms with Crippen LogP contribution in [0.1, 0.15) is 58.8 Å². The maximum Gasteiger partial charge on any atom is 0.312 e. The zero-order valence-corrected chi connectivity index (χ0v) is 23.8. The van der Waals surface area contributed by atoms with Gasteiger partial charge in [0.1, 0.15) is 18.5 Å². The fourth-order valence-corrected chi connectivity index (χ4v) is 6.12. The molecule has 0 aliphatic carbocycles. The summed E-state index contributed by atoms with van der Waals surface area (Å²) in [6, 6.07) is 5.93. The van der Waals surface area contributed by atoms with Crippen molar-refractivity contribution < 1.29 is 14.3 Å². The number of halogens is 2. The molecule has 35 heavy (non-hydrogen) atoms. The number of quaternary nitrogens is 1. The van der Waals surface area contributed by atoms with Gasteiger partial charge in [-0.1, -0.05) is 53.5 Å². The molecule has 4 rings (SSSR count). The summed E-state index contributed by atoms with van der Waals surface area (Å²) in [5.41, 5.74) is 0.867. The molecule has 10 heteroatoms. The summed E-state index contributed by atoms with van der Waals surface area (Å²) in [6.45, 7) is 6.62. The molecule has 0 spiro atoms. The molecule has 0 radical (unpaired) electrons. The lowest BCUT2D eigenvalue weighted by molar-refractivity contribution is -0.182. The minimum atomic E-state index is -0.355. The van der Waals surface area contributed by atoms with Crippen LogP contribution in [0.4, 0.5) is 5.13 Å². The number of hydrogen-bond acceptors (Lipinski definition) is 7. The Morgan fingerprint density at radius 2 is 2.20 bits per heavy atom. The molecule has 7 nitrogen and oxygen atoms in total. The van der Waals surface area contributed by atoms with Crippen LogP contribution in [-0.4, -0.2) is 54.1 Å². The van der Waals surface area contributed by atoms with Gasteiger partial charge >= 0.3 is 5.97 Å². The number of hydrogen-bond donors (Lipinski definition) is 1. The summed E-state index contributed by atoms with van der Waals surface area (Å²) in [5.74, 6) is 1.59. The van der Waals surface area contributed by atoms with Crippen LogP contribution < -0.4 is 14.7 Å². The van der Waals surface area contributed by atoms with Crippen LogP contribution in [0.5, 0.6) is 5.75 Å². The van der Waals surface area contributed by atoms with Gasteiger partial charge in [-0.2, -0.15) is 4.98 Å². The second kappa shape index (κ2) is 14.1. The third kappa shape index (κ3) is 8.27. The molecule has 0 amide bonds. The highest BCUT2D eigenvalue weighted by molar-refractivity contribution is 9.09. The molecule has 1 aromatic heterocycles. The lowest BCUT2D eigenvalue weighted by Crippen LogP contribution is -2.43. The molecular weight excluding hydrogens is 554 g/mol. The van der Waals surface area contributed by atoms with E-state index in [1.54, 1.807) is 0 Å². The van der Waals surface area contributed by atoms with E-state index >= 15 is 0 Å². The van der Waals surface area contributed by atoms with E-state index in [1.165, 1.54) is 30.6 Å². The quantitative estimate of drug-likeness (QED) is 0.102. The Bertz CT molecular complexity index is 941. The van der Waals surface area contributed by atoms with E-state index < -0.39 is 0 Å². The Hall–Kier alpha value is -0.970. The van der Waals surface area contributed by atoms with Crippen LogP contribution in [0.15, 0.2) is 18.2 Å². The monoisotopic (exact) mass is 589 g/mol. The van der Waals surface area contributed by atoms with Crippen molar-refractivity contribution in [2.24, 2.45) is 5.92 Å². The molecule has 2 aliphatic rings. The first-order valence-electron chi connectivity index (χ1n) is 12.6. The van der Waals surface area contributed by atoms with Gasteiger partial charge in [-0.25, -0.2) is 0 Å². The molecule has 4 unspecified atom stereocenters. The maximum absolute atomic E-state index is 12.6. The number of carbonyl (C=O) groups is 1. The summed E-state index contributed by atoms with van der Waals surface area (Å²) >= 11 is 10.6. The molecule has 2 saturated heterocycles. The number of carbonyl (C=O) groups excluding carboxylic acids is 1. The Labute approximate surface area is 225 Å². The Morgan fingerprint density at radius 1 is 1.37 bits per heavy atom. The molecule has 2 aliphatic heterocycles. The number of esters is 1. The minimum absolute atomic E-state index is 0.0435. The number of alkyl halides is 2. The van der Waals surface area contributed by atoms with E-state index in [0.29, 0.717) is 29.1 Å². The van der Waals surface area contributed by atoms with E-state index in [0.717, 1.165) is 54.8 Å². The van der Waals surface area contributed by atoms with Crippen LogP contribution in [0.3, 0.4) is 0 Å². The van der Waals surface area contributed by atoms with Gasteiger partial charge in [0.25, 0.3) is 5.13 Å². The first kappa shape index (κ1) is 28.6. The van der Waals surface area contributed by atoms with Gasteiger partial charge in [-0.15, -0.1) is 11.6 Å². The fraction of sp³-hybridized carbons (Fsp3) is 0.680. The van der Waals surface area contributed by atoms with Crippen LogP contribution >= 0.6 is 38.9 Å². The van der Waals surface area contributed by atoms with Crippen molar-refractivity contribution in [3.8, 4) is 5.75 Å². The first-order chi connectivity index (χ1) is 16.9. The molecule has 2 aromatic rings. The van der Waals surface area contributed by atoms with Gasteiger partial charge in [0.05, 0.1) is 35.8 Å².